The molecule has 5 heteroatoms. The first kappa shape index (κ1) is 13.0. The first-order chi connectivity index (χ1) is 9.06. The van der Waals surface area contributed by atoms with Crippen molar-refractivity contribution in [2.24, 2.45) is 4.99 Å². The van der Waals surface area contributed by atoms with E-state index in [4.69, 9.17) is 4.42 Å². The number of hydrogen-bond donors (Lipinski definition) is 0. The summed E-state index contributed by atoms with van der Waals surface area (Å²) in [6.45, 7) is 3.82. The predicted molar refractivity (Wildman–Crippen MR) is 72.6 cm³/mol. The molecule has 0 fully saturated rings. The van der Waals surface area contributed by atoms with E-state index in [1.807, 2.05) is 26.0 Å². The highest BCUT2D eigenvalue weighted by molar-refractivity contribution is 5.80. The highest BCUT2D eigenvalue weighted by Crippen LogP contribution is 2.19. The van der Waals surface area contributed by atoms with Gasteiger partial charge in [-0.1, -0.05) is 0 Å². The second-order valence-electron chi connectivity index (χ2n) is 4.25. The Labute approximate surface area is 110 Å². The SMILES string of the molecule is Cc1ccc([C@@H](C)N=Cc2ccc([N+](=O)[O-])cc2)o1. The molecule has 0 spiro atoms. The van der Waals surface area contributed by atoms with Crippen molar-refractivity contribution in [2.75, 3.05) is 0 Å². The molecule has 0 bridgehead atoms. The van der Waals surface area contributed by atoms with Crippen molar-refractivity contribution >= 4 is 11.9 Å². The van der Waals surface area contributed by atoms with Gasteiger partial charge in [-0.25, -0.2) is 0 Å². The van der Waals surface area contributed by atoms with Crippen LogP contribution in [-0.4, -0.2) is 11.1 Å². The zero-order valence-corrected chi connectivity index (χ0v) is 10.7. The molecule has 0 unspecified atom stereocenters. The van der Waals surface area contributed by atoms with Crippen LogP contribution in [-0.2, 0) is 0 Å². The lowest BCUT2D eigenvalue weighted by molar-refractivity contribution is -0.384. The van der Waals surface area contributed by atoms with Crippen molar-refractivity contribution in [1.82, 2.24) is 0 Å². The summed E-state index contributed by atoms with van der Waals surface area (Å²) in [6.07, 6.45) is 1.69. The van der Waals surface area contributed by atoms with Crippen molar-refractivity contribution in [1.29, 1.82) is 0 Å². The van der Waals surface area contributed by atoms with Crippen LogP contribution in [0.5, 0.6) is 0 Å². The number of aliphatic imine (C=N–C) groups is 1. The van der Waals surface area contributed by atoms with E-state index >= 15 is 0 Å². The van der Waals surface area contributed by atoms with Crippen molar-refractivity contribution in [2.45, 2.75) is 19.9 Å². The average molecular weight is 258 g/mol. The summed E-state index contributed by atoms with van der Waals surface area (Å²) in [4.78, 5) is 14.5. The molecule has 1 aromatic carbocycles. The van der Waals surface area contributed by atoms with Gasteiger partial charge in [0.25, 0.3) is 5.69 Å². The van der Waals surface area contributed by atoms with Gasteiger partial charge < -0.3 is 4.42 Å². The van der Waals surface area contributed by atoms with Gasteiger partial charge in [-0.3, -0.25) is 15.1 Å². The number of nitrogens with zero attached hydrogens (tertiary/aromatic N) is 2. The minimum absolute atomic E-state index is 0.0758. The lowest BCUT2D eigenvalue weighted by Crippen LogP contribution is -1.90. The van der Waals surface area contributed by atoms with E-state index in [0.717, 1.165) is 17.1 Å². The number of non-ortho nitro benzene ring substituents is 1. The molecule has 0 saturated heterocycles. The molecule has 0 aliphatic rings. The first-order valence-electron chi connectivity index (χ1n) is 5.90. The summed E-state index contributed by atoms with van der Waals surface area (Å²) >= 11 is 0. The second-order valence-corrected chi connectivity index (χ2v) is 4.25. The van der Waals surface area contributed by atoms with Gasteiger partial charge in [0.1, 0.15) is 17.6 Å². The van der Waals surface area contributed by atoms with Crippen LogP contribution in [0.2, 0.25) is 0 Å². The maximum Gasteiger partial charge on any atom is 0.269 e. The van der Waals surface area contributed by atoms with Crippen LogP contribution in [0.3, 0.4) is 0 Å². The maximum atomic E-state index is 10.5. The van der Waals surface area contributed by atoms with Crippen LogP contribution in [0, 0.1) is 17.0 Å². The largest absolute Gasteiger partial charge is 0.464 e. The minimum Gasteiger partial charge on any atom is -0.464 e. The number of furan rings is 1. The Morgan fingerprint density at radius 3 is 2.47 bits per heavy atom. The number of hydrogen-bond acceptors (Lipinski definition) is 4. The number of benzene rings is 1. The standard InChI is InChI=1S/C14H14N2O3/c1-10-3-8-14(19-10)11(2)15-9-12-4-6-13(7-5-12)16(17)18/h3-9,11H,1-2H3/t11-/m1/s1. The molecule has 5 nitrogen and oxygen atoms in total. The van der Waals surface area contributed by atoms with Gasteiger partial charge in [-0.15, -0.1) is 0 Å². The molecule has 1 atom stereocenters. The zero-order valence-electron chi connectivity index (χ0n) is 10.7. The predicted octanol–water partition coefficient (Wildman–Crippen LogP) is 3.68. The van der Waals surface area contributed by atoms with Gasteiger partial charge in [0.15, 0.2) is 0 Å². The van der Waals surface area contributed by atoms with E-state index < -0.39 is 4.92 Å². The molecule has 98 valence electrons. The fraction of sp³-hybridized carbons (Fsp3) is 0.214. The third kappa shape index (κ3) is 3.28. The van der Waals surface area contributed by atoms with Crippen LogP contribution < -0.4 is 0 Å². The third-order valence-electron chi connectivity index (χ3n) is 2.72. The molecule has 1 aromatic heterocycles. The Kier molecular flexibility index (Phi) is 3.75. The van der Waals surface area contributed by atoms with Gasteiger partial charge >= 0.3 is 0 Å². The molecular formula is C14H14N2O3. The van der Waals surface area contributed by atoms with E-state index in [0.29, 0.717) is 0 Å². The van der Waals surface area contributed by atoms with E-state index in [1.165, 1.54) is 12.1 Å². The highest BCUT2D eigenvalue weighted by Gasteiger charge is 2.07. The fourth-order valence-electron chi connectivity index (χ4n) is 1.63. The summed E-state index contributed by atoms with van der Waals surface area (Å²) in [7, 11) is 0. The van der Waals surface area contributed by atoms with Crippen molar-refractivity contribution in [3.8, 4) is 0 Å². The molecular weight excluding hydrogens is 244 g/mol. The summed E-state index contributed by atoms with van der Waals surface area (Å²) in [5, 5.41) is 10.5. The fourth-order valence-corrected chi connectivity index (χ4v) is 1.63. The normalized spacial score (nSPS) is 12.7. The third-order valence-corrected chi connectivity index (χ3v) is 2.72. The van der Waals surface area contributed by atoms with E-state index in [-0.39, 0.29) is 11.7 Å². The lowest BCUT2D eigenvalue weighted by atomic mass is 10.2. The lowest BCUT2D eigenvalue weighted by Gasteiger charge is -2.01. The Bertz CT molecular complexity index is 599. The molecule has 2 rings (SSSR count). The van der Waals surface area contributed by atoms with E-state index in [2.05, 4.69) is 4.99 Å². The molecule has 0 N–H and O–H groups in total. The smallest absolute Gasteiger partial charge is 0.269 e. The van der Waals surface area contributed by atoms with Gasteiger partial charge in [-0.2, -0.15) is 0 Å². The molecule has 0 aliphatic carbocycles. The molecule has 1 heterocycles. The van der Waals surface area contributed by atoms with Gasteiger partial charge in [0.05, 0.1) is 4.92 Å². The van der Waals surface area contributed by atoms with Crippen LogP contribution in [0.4, 0.5) is 5.69 Å². The summed E-state index contributed by atoms with van der Waals surface area (Å²) in [5.74, 6) is 1.66. The zero-order chi connectivity index (χ0) is 13.8. The van der Waals surface area contributed by atoms with Gasteiger partial charge in [-0.05, 0) is 43.7 Å². The molecule has 0 radical (unpaired) electrons. The summed E-state index contributed by atoms with van der Waals surface area (Å²) in [6, 6.07) is 9.97. The number of nitro groups is 1. The second kappa shape index (κ2) is 5.48. The topological polar surface area (TPSA) is 68.6 Å². The van der Waals surface area contributed by atoms with Crippen molar-refractivity contribution < 1.29 is 9.34 Å². The summed E-state index contributed by atoms with van der Waals surface area (Å²) < 4.78 is 5.48. The van der Waals surface area contributed by atoms with Crippen LogP contribution >= 0.6 is 0 Å². The average Bonchev–Trinajstić information content (AvgIpc) is 2.83. The quantitative estimate of drug-likeness (QED) is 0.477. The molecule has 2 aromatic rings. The summed E-state index contributed by atoms with van der Waals surface area (Å²) in [5.41, 5.74) is 0.896. The monoisotopic (exact) mass is 258 g/mol. The maximum absolute atomic E-state index is 10.5. The van der Waals surface area contributed by atoms with Crippen molar-refractivity contribution in [3.05, 3.63) is 63.6 Å². The highest BCUT2D eigenvalue weighted by atomic mass is 16.6. The van der Waals surface area contributed by atoms with E-state index in [9.17, 15) is 10.1 Å². The number of nitro benzene ring substituents is 1. The Morgan fingerprint density at radius 1 is 1.26 bits per heavy atom. The van der Waals surface area contributed by atoms with E-state index in [1.54, 1.807) is 18.3 Å². The molecule has 0 saturated carbocycles. The Hall–Kier alpha value is -2.43. The molecule has 0 amide bonds. The van der Waals surface area contributed by atoms with Gasteiger partial charge in [0, 0.05) is 18.3 Å². The molecule has 19 heavy (non-hydrogen) atoms. The number of rotatable bonds is 4. The van der Waals surface area contributed by atoms with Crippen LogP contribution in [0.1, 0.15) is 30.0 Å². The van der Waals surface area contributed by atoms with Gasteiger partial charge in [0.2, 0.25) is 0 Å². The van der Waals surface area contributed by atoms with Crippen molar-refractivity contribution in [3.63, 3.8) is 0 Å². The minimum atomic E-state index is -0.421. The number of aryl methyl sites for hydroxylation is 1. The Balaban J connectivity index is 2.07. The first-order valence-corrected chi connectivity index (χ1v) is 5.90. The van der Waals surface area contributed by atoms with Crippen LogP contribution in [0.25, 0.3) is 0 Å². The van der Waals surface area contributed by atoms with Crippen LogP contribution in [0.15, 0.2) is 45.8 Å². The Morgan fingerprint density at radius 2 is 1.95 bits per heavy atom. The molecule has 0 aliphatic heterocycles.